The van der Waals surface area contributed by atoms with Crippen LogP contribution in [0.2, 0.25) is 0 Å². The van der Waals surface area contributed by atoms with Crippen molar-refractivity contribution in [1.29, 1.82) is 0 Å². The van der Waals surface area contributed by atoms with Crippen molar-refractivity contribution >= 4 is 22.9 Å². The zero-order valence-electron chi connectivity index (χ0n) is 16.5. The van der Waals surface area contributed by atoms with Crippen LogP contribution in [0.1, 0.15) is 36.7 Å². The van der Waals surface area contributed by atoms with E-state index < -0.39 is 11.7 Å². The van der Waals surface area contributed by atoms with Crippen molar-refractivity contribution in [3.63, 3.8) is 0 Å². The van der Waals surface area contributed by atoms with Crippen LogP contribution in [-0.2, 0) is 27.0 Å². The van der Waals surface area contributed by atoms with Gasteiger partial charge in [-0.1, -0.05) is 0 Å². The van der Waals surface area contributed by atoms with E-state index in [-0.39, 0.29) is 59.9 Å². The monoisotopic (exact) mass is 412 g/mol. The number of esters is 1. The van der Waals surface area contributed by atoms with E-state index in [2.05, 4.69) is 10.1 Å². The highest BCUT2D eigenvalue weighted by Gasteiger charge is 2.36. The van der Waals surface area contributed by atoms with Gasteiger partial charge in [0.1, 0.15) is 6.54 Å². The summed E-state index contributed by atoms with van der Waals surface area (Å²) in [5.41, 5.74) is -0.423. The standard InChI is InChI=1S/C19H23F3N4O3/c1-4-29-18(28)13-6-5-7-25(9-13)15(27)10-26-17-16(12(3)24-26)14(19(20,21)22)8-11(2)23-17/h8,13H,4-7,9-10H2,1-3H3. The van der Waals surface area contributed by atoms with E-state index in [0.29, 0.717) is 19.4 Å². The van der Waals surface area contributed by atoms with Gasteiger partial charge >= 0.3 is 12.1 Å². The first kappa shape index (κ1) is 21.1. The van der Waals surface area contributed by atoms with E-state index in [9.17, 15) is 22.8 Å². The molecule has 3 rings (SSSR count). The number of fused-ring (bicyclic) bond motifs is 1. The lowest BCUT2D eigenvalue weighted by atomic mass is 9.98. The first-order valence-electron chi connectivity index (χ1n) is 9.48. The number of ether oxygens (including phenoxy) is 1. The Labute approximate surface area is 165 Å². The maximum Gasteiger partial charge on any atom is 0.417 e. The molecule has 0 bridgehead atoms. The van der Waals surface area contributed by atoms with Crippen molar-refractivity contribution in [2.75, 3.05) is 19.7 Å². The van der Waals surface area contributed by atoms with E-state index in [1.165, 1.54) is 23.4 Å². The summed E-state index contributed by atoms with van der Waals surface area (Å²) in [4.78, 5) is 30.5. The molecule has 1 unspecified atom stereocenters. The van der Waals surface area contributed by atoms with Gasteiger partial charge in [0.05, 0.1) is 29.2 Å². The normalized spacial score (nSPS) is 17.6. The molecule has 1 fully saturated rings. The summed E-state index contributed by atoms with van der Waals surface area (Å²) in [7, 11) is 0. The largest absolute Gasteiger partial charge is 0.466 e. The number of likely N-dealkylation sites (tertiary alicyclic amines) is 1. The van der Waals surface area contributed by atoms with Gasteiger partial charge in [0.2, 0.25) is 5.91 Å². The number of amides is 1. The van der Waals surface area contributed by atoms with Crippen molar-refractivity contribution in [2.45, 2.75) is 46.3 Å². The lowest BCUT2D eigenvalue weighted by Gasteiger charge is -2.31. The number of hydrogen-bond donors (Lipinski definition) is 0. The number of aromatic nitrogens is 3. The van der Waals surface area contributed by atoms with E-state index in [1.807, 2.05) is 0 Å². The molecule has 0 aromatic carbocycles. The Morgan fingerprint density at radius 1 is 1.31 bits per heavy atom. The minimum Gasteiger partial charge on any atom is -0.466 e. The maximum atomic E-state index is 13.4. The Balaban J connectivity index is 1.86. The van der Waals surface area contributed by atoms with Gasteiger partial charge in [0.25, 0.3) is 0 Å². The lowest BCUT2D eigenvalue weighted by molar-refractivity contribution is -0.151. The molecule has 0 aliphatic carbocycles. The molecule has 1 aliphatic heterocycles. The van der Waals surface area contributed by atoms with Crippen LogP contribution in [0.5, 0.6) is 0 Å². The fourth-order valence-electron chi connectivity index (χ4n) is 3.70. The molecule has 0 radical (unpaired) electrons. The highest BCUT2D eigenvalue weighted by molar-refractivity contribution is 5.85. The zero-order chi connectivity index (χ0) is 21.3. The number of pyridine rings is 1. The average molecular weight is 412 g/mol. The first-order valence-corrected chi connectivity index (χ1v) is 9.48. The number of carbonyl (C=O) groups is 2. The number of rotatable bonds is 4. The third-order valence-electron chi connectivity index (χ3n) is 4.99. The molecule has 1 atom stereocenters. The second-order valence-corrected chi connectivity index (χ2v) is 7.18. The molecule has 1 aliphatic rings. The fraction of sp³-hybridized carbons (Fsp3) is 0.579. The third kappa shape index (κ3) is 4.35. The number of carbonyl (C=O) groups excluding carboxylic acids is 2. The van der Waals surface area contributed by atoms with Gasteiger partial charge in [-0.3, -0.25) is 9.59 Å². The number of aryl methyl sites for hydroxylation is 2. The van der Waals surface area contributed by atoms with Crippen molar-refractivity contribution in [2.24, 2.45) is 5.92 Å². The van der Waals surface area contributed by atoms with Crippen LogP contribution in [-0.4, -0.2) is 51.2 Å². The second kappa shape index (κ2) is 8.00. The van der Waals surface area contributed by atoms with Gasteiger partial charge in [0, 0.05) is 18.8 Å². The van der Waals surface area contributed by atoms with Gasteiger partial charge in [-0.15, -0.1) is 0 Å². The highest BCUT2D eigenvalue weighted by atomic mass is 19.4. The van der Waals surface area contributed by atoms with E-state index in [0.717, 1.165) is 6.07 Å². The molecule has 10 heteroatoms. The van der Waals surface area contributed by atoms with E-state index in [4.69, 9.17) is 4.74 Å². The van der Waals surface area contributed by atoms with Gasteiger partial charge in [-0.05, 0) is 39.7 Å². The number of piperidine rings is 1. The van der Waals surface area contributed by atoms with Crippen molar-refractivity contribution in [3.05, 3.63) is 23.0 Å². The number of alkyl halides is 3. The molecule has 1 amide bonds. The summed E-state index contributed by atoms with van der Waals surface area (Å²) in [5, 5.41) is 4.04. The molecule has 2 aromatic heterocycles. The molecule has 1 saturated heterocycles. The highest BCUT2D eigenvalue weighted by Crippen LogP contribution is 2.36. The SMILES string of the molecule is CCOC(=O)C1CCCN(C(=O)Cn2nc(C)c3c(C(F)(F)F)cc(C)nc32)C1. The smallest absolute Gasteiger partial charge is 0.417 e. The number of nitrogens with zero attached hydrogens (tertiary/aromatic N) is 4. The Bertz CT molecular complexity index is 939. The van der Waals surface area contributed by atoms with Gasteiger partial charge < -0.3 is 9.64 Å². The van der Waals surface area contributed by atoms with Crippen molar-refractivity contribution in [1.82, 2.24) is 19.7 Å². The van der Waals surface area contributed by atoms with Gasteiger partial charge in [-0.2, -0.15) is 18.3 Å². The summed E-state index contributed by atoms with van der Waals surface area (Å²) < 4.78 is 46.6. The predicted molar refractivity (Wildman–Crippen MR) is 97.9 cm³/mol. The molecule has 7 nitrogen and oxygen atoms in total. The molecule has 0 spiro atoms. The Morgan fingerprint density at radius 3 is 2.69 bits per heavy atom. The average Bonchev–Trinajstić information content (AvgIpc) is 2.95. The Hall–Kier alpha value is -2.65. The number of halogens is 3. The number of hydrogen-bond acceptors (Lipinski definition) is 5. The summed E-state index contributed by atoms with van der Waals surface area (Å²) in [6.07, 6.45) is -3.25. The fourth-order valence-corrected chi connectivity index (χ4v) is 3.70. The van der Waals surface area contributed by atoms with Crippen molar-refractivity contribution < 1.29 is 27.5 Å². The quantitative estimate of drug-likeness (QED) is 0.722. The summed E-state index contributed by atoms with van der Waals surface area (Å²) in [6.45, 7) is 5.40. The molecule has 0 N–H and O–H groups in total. The molecule has 29 heavy (non-hydrogen) atoms. The Morgan fingerprint density at radius 2 is 2.03 bits per heavy atom. The van der Waals surface area contributed by atoms with Crippen LogP contribution in [0.4, 0.5) is 13.2 Å². The molecular formula is C19H23F3N4O3. The van der Waals surface area contributed by atoms with Gasteiger partial charge in [0.15, 0.2) is 5.65 Å². The van der Waals surface area contributed by atoms with E-state index >= 15 is 0 Å². The van der Waals surface area contributed by atoms with E-state index in [1.54, 1.807) is 6.92 Å². The summed E-state index contributed by atoms with van der Waals surface area (Å²) >= 11 is 0. The van der Waals surface area contributed by atoms with Crippen LogP contribution < -0.4 is 0 Å². The topological polar surface area (TPSA) is 77.3 Å². The second-order valence-electron chi connectivity index (χ2n) is 7.18. The molecular weight excluding hydrogens is 389 g/mol. The zero-order valence-corrected chi connectivity index (χ0v) is 16.5. The van der Waals surface area contributed by atoms with Crippen LogP contribution in [0.25, 0.3) is 11.0 Å². The minimum absolute atomic E-state index is 0.0297. The van der Waals surface area contributed by atoms with Crippen LogP contribution in [0, 0.1) is 19.8 Å². The predicted octanol–water partition coefficient (Wildman–Crippen LogP) is 2.87. The minimum atomic E-state index is -4.55. The van der Waals surface area contributed by atoms with Crippen LogP contribution >= 0.6 is 0 Å². The maximum absolute atomic E-state index is 13.4. The van der Waals surface area contributed by atoms with Crippen LogP contribution in [0.15, 0.2) is 6.07 Å². The van der Waals surface area contributed by atoms with Crippen LogP contribution in [0.3, 0.4) is 0 Å². The first-order chi connectivity index (χ1) is 13.6. The lowest BCUT2D eigenvalue weighted by Crippen LogP contribution is -2.44. The molecule has 2 aromatic rings. The summed E-state index contributed by atoms with van der Waals surface area (Å²) in [5.74, 6) is -1.04. The van der Waals surface area contributed by atoms with Gasteiger partial charge in [-0.25, -0.2) is 9.67 Å². The van der Waals surface area contributed by atoms with Crippen molar-refractivity contribution in [3.8, 4) is 0 Å². The molecule has 3 heterocycles. The molecule has 0 saturated carbocycles. The third-order valence-corrected chi connectivity index (χ3v) is 4.99. The molecule has 158 valence electrons. The summed E-state index contributed by atoms with van der Waals surface area (Å²) in [6, 6.07) is 0.984. The Kier molecular flexibility index (Phi) is 5.81.